The van der Waals surface area contributed by atoms with Crippen LogP contribution in [0.5, 0.6) is 0 Å². The molecular weight excluding hydrogens is 274 g/mol. The molecule has 6 heteroatoms. The molecule has 1 N–H and O–H groups in total. The largest absolute Gasteiger partial charge is 0.356 e. The Morgan fingerprint density at radius 2 is 2.05 bits per heavy atom. The first kappa shape index (κ1) is 14.8. The zero-order chi connectivity index (χ0) is 14.5. The Hall–Kier alpha value is -1.62. The summed E-state index contributed by atoms with van der Waals surface area (Å²) in [5.74, 6) is 0.938. The van der Waals surface area contributed by atoms with E-state index in [1.807, 2.05) is 26.2 Å². The van der Waals surface area contributed by atoms with Crippen molar-refractivity contribution in [2.75, 3.05) is 18.0 Å². The van der Waals surface area contributed by atoms with E-state index in [9.17, 15) is 0 Å². The van der Waals surface area contributed by atoms with Gasteiger partial charge < -0.3 is 4.90 Å². The third-order valence-corrected chi connectivity index (χ3v) is 3.52. The van der Waals surface area contributed by atoms with Gasteiger partial charge in [-0.3, -0.25) is 5.10 Å². The van der Waals surface area contributed by atoms with Crippen LogP contribution in [-0.4, -0.2) is 33.3 Å². The summed E-state index contributed by atoms with van der Waals surface area (Å²) < 4.78 is 0. The standard InChI is InChI=1S/C14H20ClN5/c1-4-6-20(7-5-12-8-16-17-9-12)13-10(2)11(3)18-14(15)19-13/h8-9H,4-7H2,1-3H3,(H,16,17). The number of hydrogen-bond acceptors (Lipinski definition) is 4. The third kappa shape index (κ3) is 3.48. The molecule has 0 bridgehead atoms. The summed E-state index contributed by atoms with van der Waals surface area (Å²) in [6, 6.07) is 0. The fourth-order valence-electron chi connectivity index (χ4n) is 2.16. The highest BCUT2D eigenvalue weighted by Gasteiger charge is 2.14. The zero-order valence-electron chi connectivity index (χ0n) is 12.1. The van der Waals surface area contributed by atoms with Crippen LogP contribution >= 0.6 is 11.6 Å². The van der Waals surface area contributed by atoms with Crippen LogP contribution in [0.2, 0.25) is 5.28 Å². The third-order valence-electron chi connectivity index (χ3n) is 3.35. The minimum Gasteiger partial charge on any atom is -0.356 e. The number of anilines is 1. The number of nitrogens with one attached hydrogen (secondary N) is 1. The van der Waals surface area contributed by atoms with E-state index in [-0.39, 0.29) is 0 Å². The highest BCUT2D eigenvalue weighted by molar-refractivity contribution is 6.28. The molecule has 2 rings (SSSR count). The maximum Gasteiger partial charge on any atom is 0.224 e. The highest BCUT2D eigenvalue weighted by atomic mass is 35.5. The SMILES string of the molecule is CCCN(CCc1cn[nH]c1)c1nc(Cl)nc(C)c1C. The van der Waals surface area contributed by atoms with Gasteiger partial charge in [0.2, 0.25) is 5.28 Å². The second-order valence-corrected chi connectivity index (χ2v) is 5.21. The highest BCUT2D eigenvalue weighted by Crippen LogP contribution is 2.22. The number of H-pyrrole nitrogens is 1. The van der Waals surface area contributed by atoms with Crippen molar-refractivity contribution < 1.29 is 0 Å². The molecule has 20 heavy (non-hydrogen) atoms. The molecule has 2 aromatic rings. The fraction of sp³-hybridized carbons (Fsp3) is 0.500. The summed E-state index contributed by atoms with van der Waals surface area (Å²) in [7, 11) is 0. The van der Waals surface area contributed by atoms with Crippen LogP contribution in [-0.2, 0) is 6.42 Å². The topological polar surface area (TPSA) is 57.7 Å². The fourth-order valence-corrected chi connectivity index (χ4v) is 2.37. The molecule has 0 unspecified atom stereocenters. The first-order valence-corrected chi connectivity index (χ1v) is 7.23. The van der Waals surface area contributed by atoms with Crippen molar-refractivity contribution >= 4 is 17.4 Å². The van der Waals surface area contributed by atoms with Crippen LogP contribution in [0.4, 0.5) is 5.82 Å². The van der Waals surface area contributed by atoms with Crippen molar-refractivity contribution in [1.82, 2.24) is 20.2 Å². The van der Waals surface area contributed by atoms with Gasteiger partial charge in [0.05, 0.1) is 6.20 Å². The smallest absolute Gasteiger partial charge is 0.224 e. The molecule has 2 aromatic heterocycles. The van der Waals surface area contributed by atoms with Crippen molar-refractivity contribution in [3.8, 4) is 0 Å². The van der Waals surface area contributed by atoms with E-state index in [1.165, 1.54) is 5.56 Å². The van der Waals surface area contributed by atoms with Crippen molar-refractivity contribution in [2.45, 2.75) is 33.6 Å². The van der Waals surface area contributed by atoms with E-state index in [0.29, 0.717) is 5.28 Å². The van der Waals surface area contributed by atoms with Gasteiger partial charge in [0.25, 0.3) is 0 Å². The summed E-state index contributed by atoms with van der Waals surface area (Å²) >= 11 is 6.00. The van der Waals surface area contributed by atoms with E-state index in [4.69, 9.17) is 11.6 Å². The van der Waals surface area contributed by atoms with E-state index >= 15 is 0 Å². The van der Waals surface area contributed by atoms with Crippen molar-refractivity contribution in [3.63, 3.8) is 0 Å². The molecule has 2 heterocycles. The first-order chi connectivity index (χ1) is 9.61. The van der Waals surface area contributed by atoms with Crippen LogP contribution in [0.15, 0.2) is 12.4 Å². The summed E-state index contributed by atoms with van der Waals surface area (Å²) in [6.07, 6.45) is 5.77. The summed E-state index contributed by atoms with van der Waals surface area (Å²) in [4.78, 5) is 10.9. The Kier molecular flexibility index (Phi) is 4.95. The molecule has 0 spiro atoms. The molecule has 0 aliphatic rings. The number of rotatable bonds is 6. The van der Waals surface area contributed by atoms with E-state index in [1.54, 1.807) is 0 Å². The molecule has 0 saturated carbocycles. The summed E-state index contributed by atoms with van der Waals surface area (Å²) in [6.45, 7) is 8.01. The van der Waals surface area contributed by atoms with Gasteiger partial charge in [-0.05, 0) is 43.9 Å². The van der Waals surface area contributed by atoms with E-state index in [2.05, 4.69) is 32.0 Å². The molecule has 0 aliphatic carbocycles. The van der Waals surface area contributed by atoms with Gasteiger partial charge in [-0.1, -0.05) is 6.92 Å². The Bertz CT molecular complexity index is 553. The van der Waals surface area contributed by atoms with Crippen LogP contribution in [0.1, 0.15) is 30.2 Å². The maximum absolute atomic E-state index is 6.00. The molecule has 0 aliphatic heterocycles. The second-order valence-electron chi connectivity index (χ2n) is 4.87. The van der Waals surface area contributed by atoms with Crippen LogP contribution in [0, 0.1) is 13.8 Å². The molecule has 108 valence electrons. The number of aromatic nitrogens is 4. The minimum atomic E-state index is 0.313. The van der Waals surface area contributed by atoms with Crippen LogP contribution < -0.4 is 4.90 Å². The average Bonchev–Trinajstić information content (AvgIpc) is 2.92. The van der Waals surface area contributed by atoms with Gasteiger partial charge >= 0.3 is 0 Å². The molecule has 0 aromatic carbocycles. The molecule has 0 radical (unpaired) electrons. The number of aromatic amines is 1. The Morgan fingerprint density at radius 3 is 2.70 bits per heavy atom. The van der Waals surface area contributed by atoms with Gasteiger partial charge in [-0.2, -0.15) is 5.10 Å². The number of aryl methyl sites for hydroxylation is 1. The lowest BCUT2D eigenvalue weighted by Gasteiger charge is -2.25. The molecule has 0 fully saturated rings. The van der Waals surface area contributed by atoms with Crippen molar-refractivity contribution in [1.29, 1.82) is 0 Å². The lowest BCUT2D eigenvalue weighted by Crippen LogP contribution is -2.28. The average molecular weight is 294 g/mol. The predicted octanol–water partition coefficient (Wildman–Crippen LogP) is 2.93. The lowest BCUT2D eigenvalue weighted by atomic mass is 10.2. The lowest BCUT2D eigenvalue weighted by molar-refractivity contribution is 0.738. The molecular formula is C14H20ClN5. The Labute approximate surface area is 124 Å². The first-order valence-electron chi connectivity index (χ1n) is 6.85. The quantitative estimate of drug-likeness (QED) is 0.832. The maximum atomic E-state index is 6.00. The summed E-state index contributed by atoms with van der Waals surface area (Å²) in [5.41, 5.74) is 3.22. The van der Waals surface area contributed by atoms with Crippen molar-refractivity contribution in [3.05, 3.63) is 34.5 Å². The van der Waals surface area contributed by atoms with Gasteiger partial charge in [-0.15, -0.1) is 0 Å². The van der Waals surface area contributed by atoms with Gasteiger partial charge in [-0.25, -0.2) is 9.97 Å². The number of halogens is 1. The monoisotopic (exact) mass is 293 g/mol. The molecule has 0 amide bonds. The van der Waals surface area contributed by atoms with E-state index < -0.39 is 0 Å². The van der Waals surface area contributed by atoms with Gasteiger partial charge in [0, 0.05) is 30.5 Å². The molecule has 0 saturated heterocycles. The van der Waals surface area contributed by atoms with Gasteiger partial charge in [0.1, 0.15) is 5.82 Å². The second kappa shape index (κ2) is 6.70. The van der Waals surface area contributed by atoms with E-state index in [0.717, 1.165) is 43.0 Å². The number of nitrogens with zero attached hydrogens (tertiary/aromatic N) is 4. The molecule has 0 atom stereocenters. The Morgan fingerprint density at radius 1 is 1.25 bits per heavy atom. The normalized spacial score (nSPS) is 10.8. The van der Waals surface area contributed by atoms with Gasteiger partial charge in [0.15, 0.2) is 0 Å². The van der Waals surface area contributed by atoms with Crippen LogP contribution in [0.3, 0.4) is 0 Å². The predicted molar refractivity (Wildman–Crippen MR) is 81.3 cm³/mol. The Balaban J connectivity index is 2.19. The summed E-state index contributed by atoms with van der Waals surface area (Å²) in [5, 5.41) is 7.13. The van der Waals surface area contributed by atoms with Crippen molar-refractivity contribution in [2.24, 2.45) is 0 Å². The minimum absolute atomic E-state index is 0.313. The van der Waals surface area contributed by atoms with Crippen LogP contribution in [0.25, 0.3) is 0 Å². The number of hydrogen-bond donors (Lipinski definition) is 1. The zero-order valence-corrected chi connectivity index (χ0v) is 12.9. The molecule has 5 nitrogen and oxygen atoms in total.